The fourth-order valence-electron chi connectivity index (χ4n) is 2.60. The molecular weight excluding hydrogens is 262 g/mol. The molecule has 1 N–H and O–H groups in total. The standard InChI is InChI=1S/C13H23N3O2S/c1-2-5-15-6-3-11(4-7-15)14-12(17)8-16-10-19-9-13(16)18/h11H,2-10H2,1H3,(H,14,17). The van der Waals surface area contributed by atoms with Crippen LogP contribution in [-0.2, 0) is 9.59 Å². The Morgan fingerprint density at radius 1 is 1.42 bits per heavy atom. The average Bonchev–Trinajstić information content (AvgIpc) is 2.78. The fourth-order valence-corrected chi connectivity index (χ4v) is 3.51. The van der Waals surface area contributed by atoms with Gasteiger partial charge < -0.3 is 15.1 Å². The van der Waals surface area contributed by atoms with Gasteiger partial charge in [-0.1, -0.05) is 6.92 Å². The number of rotatable bonds is 5. The van der Waals surface area contributed by atoms with Crippen LogP contribution in [0.1, 0.15) is 26.2 Å². The summed E-state index contributed by atoms with van der Waals surface area (Å²) in [7, 11) is 0. The Kier molecular flexibility index (Phi) is 5.51. The quantitative estimate of drug-likeness (QED) is 0.800. The summed E-state index contributed by atoms with van der Waals surface area (Å²) in [6, 6.07) is 0.283. The Morgan fingerprint density at radius 2 is 2.16 bits per heavy atom. The number of carbonyl (C=O) groups is 2. The van der Waals surface area contributed by atoms with Gasteiger partial charge in [0.05, 0.1) is 11.6 Å². The van der Waals surface area contributed by atoms with Crippen LogP contribution in [0.5, 0.6) is 0 Å². The lowest BCUT2D eigenvalue weighted by Gasteiger charge is -2.32. The third kappa shape index (κ3) is 4.38. The molecule has 108 valence electrons. The first-order valence-corrected chi connectivity index (χ1v) is 8.21. The number of hydrogen-bond acceptors (Lipinski definition) is 4. The second-order valence-electron chi connectivity index (χ2n) is 5.25. The van der Waals surface area contributed by atoms with E-state index in [-0.39, 0.29) is 24.4 Å². The van der Waals surface area contributed by atoms with Gasteiger partial charge in [0, 0.05) is 19.1 Å². The summed E-state index contributed by atoms with van der Waals surface area (Å²) in [6.07, 6.45) is 3.23. The molecular formula is C13H23N3O2S. The van der Waals surface area contributed by atoms with Crippen molar-refractivity contribution in [1.82, 2.24) is 15.1 Å². The molecule has 0 aromatic carbocycles. The SMILES string of the molecule is CCCN1CCC(NC(=O)CN2CSCC2=O)CC1. The molecule has 0 atom stereocenters. The fraction of sp³-hybridized carbons (Fsp3) is 0.846. The molecule has 0 spiro atoms. The number of hydrogen-bond donors (Lipinski definition) is 1. The molecule has 0 saturated carbocycles. The summed E-state index contributed by atoms with van der Waals surface area (Å²) in [6.45, 7) is 5.70. The normalized spacial score (nSPS) is 21.9. The Balaban J connectivity index is 1.67. The van der Waals surface area contributed by atoms with Gasteiger partial charge in [-0.15, -0.1) is 11.8 Å². The predicted molar refractivity (Wildman–Crippen MR) is 76.9 cm³/mol. The van der Waals surface area contributed by atoms with Crippen LogP contribution in [0.25, 0.3) is 0 Å². The highest BCUT2D eigenvalue weighted by Gasteiger charge is 2.25. The van der Waals surface area contributed by atoms with Crippen molar-refractivity contribution in [2.45, 2.75) is 32.2 Å². The van der Waals surface area contributed by atoms with Gasteiger partial charge in [0.25, 0.3) is 0 Å². The minimum Gasteiger partial charge on any atom is -0.352 e. The van der Waals surface area contributed by atoms with E-state index in [0.29, 0.717) is 11.6 Å². The van der Waals surface area contributed by atoms with Crippen molar-refractivity contribution in [3.8, 4) is 0 Å². The van der Waals surface area contributed by atoms with Crippen molar-refractivity contribution in [3.05, 3.63) is 0 Å². The van der Waals surface area contributed by atoms with E-state index in [4.69, 9.17) is 0 Å². The van der Waals surface area contributed by atoms with Gasteiger partial charge in [-0.3, -0.25) is 9.59 Å². The van der Waals surface area contributed by atoms with Crippen molar-refractivity contribution in [3.63, 3.8) is 0 Å². The highest BCUT2D eigenvalue weighted by molar-refractivity contribution is 8.00. The van der Waals surface area contributed by atoms with Crippen LogP contribution < -0.4 is 5.32 Å². The van der Waals surface area contributed by atoms with E-state index >= 15 is 0 Å². The third-order valence-corrected chi connectivity index (χ3v) is 4.60. The third-order valence-electron chi connectivity index (χ3n) is 3.65. The zero-order valence-corrected chi connectivity index (χ0v) is 12.4. The van der Waals surface area contributed by atoms with Crippen LogP contribution in [-0.4, -0.2) is 65.5 Å². The average molecular weight is 285 g/mol. The van der Waals surface area contributed by atoms with Crippen molar-refractivity contribution in [1.29, 1.82) is 0 Å². The minimum absolute atomic E-state index is 0.00945. The minimum atomic E-state index is -0.00945. The van der Waals surface area contributed by atoms with Crippen molar-refractivity contribution >= 4 is 23.6 Å². The molecule has 0 aromatic heterocycles. The van der Waals surface area contributed by atoms with E-state index in [2.05, 4.69) is 17.1 Å². The molecule has 2 saturated heterocycles. The molecule has 0 aromatic rings. The van der Waals surface area contributed by atoms with E-state index in [0.717, 1.165) is 32.5 Å². The molecule has 2 aliphatic rings. The zero-order valence-electron chi connectivity index (χ0n) is 11.6. The number of likely N-dealkylation sites (tertiary alicyclic amines) is 1. The number of carbonyl (C=O) groups excluding carboxylic acids is 2. The Hall–Kier alpha value is -0.750. The van der Waals surface area contributed by atoms with Gasteiger partial charge in [0.15, 0.2) is 0 Å². The lowest BCUT2D eigenvalue weighted by Crippen LogP contribution is -2.47. The number of thioether (sulfide) groups is 1. The topological polar surface area (TPSA) is 52.7 Å². The molecule has 0 unspecified atom stereocenters. The number of nitrogens with one attached hydrogen (secondary N) is 1. The van der Waals surface area contributed by atoms with E-state index < -0.39 is 0 Å². The van der Waals surface area contributed by atoms with Gasteiger partial charge >= 0.3 is 0 Å². The Morgan fingerprint density at radius 3 is 2.74 bits per heavy atom. The second-order valence-corrected chi connectivity index (χ2v) is 6.21. The Bertz CT molecular complexity index is 330. The second kappa shape index (κ2) is 7.14. The number of amides is 2. The van der Waals surface area contributed by atoms with Gasteiger partial charge in [0.1, 0.15) is 6.54 Å². The van der Waals surface area contributed by atoms with Crippen molar-refractivity contribution in [2.75, 3.05) is 37.8 Å². The molecule has 6 heteroatoms. The summed E-state index contributed by atoms with van der Waals surface area (Å²) < 4.78 is 0. The van der Waals surface area contributed by atoms with Gasteiger partial charge in [-0.05, 0) is 25.8 Å². The van der Waals surface area contributed by atoms with Crippen molar-refractivity contribution < 1.29 is 9.59 Å². The molecule has 0 bridgehead atoms. The summed E-state index contributed by atoms with van der Waals surface area (Å²) >= 11 is 1.57. The zero-order chi connectivity index (χ0) is 13.7. The molecule has 2 heterocycles. The predicted octanol–water partition coefficient (Wildman–Crippen LogP) is 0.510. The Labute approximate surface area is 119 Å². The van der Waals surface area contributed by atoms with Crippen LogP contribution in [0.2, 0.25) is 0 Å². The first-order valence-electron chi connectivity index (χ1n) is 7.06. The van der Waals surface area contributed by atoms with E-state index in [1.807, 2.05) is 0 Å². The smallest absolute Gasteiger partial charge is 0.239 e. The molecule has 2 rings (SSSR count). The molecule has 0 radical (unpaired) electrons. The summed E-state index contributed by atoms with van der Waals surface area (Å²) in [5.41, 5.74) is 0. The largest absolute Gasteiger partial charge is 0.352 e. The van der Waals surface area contributed by atoms with Crippen molar-refractivity contribution in [2.24, 2.45) is 0 Å². The highest BCUT2D eigenvalue weighted by Crippen LogP contribution is 2.14. The van der Waals surface area contributed by atoms with Crippen LogP contribution in [0.15, 0.2) is 0 Å². The maximum Gasteiger partial charge on any atom is 0.239 e. The van der Waals surface area contributed by atoms with Gasteiger partial charge in [-0.2, -0.15) is 0 Å². The van der Waals surface area contributed by atoms with Crippen LogP contribution >= 0.6 is 11.8 Å². The molecule has 2 fully saturated rings. The van der Waals surface area contributed by atoms with E-state index in [9.17, 15) is 9.59 Å². The molecule has 2 aliphatic heterocycles. The van der Waals surface area contributed by atoms with Crippen LogP contribution in [0.3, 0.4) is 0 Å². The van der Waals surface area contributed by atoms with Gasteiger partial charge in [-0.25, -0.2) is 0 Å². The highest BCUT2D eigenvalue weighted by atomic mass is 32.2. The summed E-state index contributed by atoms with van der Waals surface area (Å²) in [4.78, 5) is 27.4. The monoisotopic (exact) mass is 285 g/mol. The number of nitrogens with zero attached hydrogens (tertiary/aromatic N) is 2. The maximum absolute atomic E-state index is 11.9. The van der Waals surface area contributed by atoms with Gasteiger partial charge in [0.2, 0.25) is 11.8 Å². The lowest BCUT2D eigenvalue weighted by molar-refractivity contribution is -0.132. The lowest BCUT2D eigenvalue weighted by atomic mass is 10.0. The van der Waals surface area contributed by atoms with Crippen LogP contribution in [0, 0.1) is 0 Å². The molecule has 5 nitrogen and oxygen atoms in total. The molecule has 2 amide bonds. The summed E-state index contributed by atoms with van der Waals surface area (Å²) in [5.74, 6) is 1.24. The first-order chi connectivity index (χ1) is 9.19. The van der Waals surface area contributed by atoms with E-state index in [1.165, 1.54) is 6.42 Å². The molecule has 0 aliphatic carbocycles. The first kappa shape index (κ1) is 14.7. The van der Waals surface area contributed by atoms with Crippen LogP contribution in [0.4, 0.5) is 0 Å². The molecule has 19 heavy (non-hydrogen) atoms. The number of piperidine rings is 1. The summed E-state index contributed by atoms with van der Waals surface area (Å²) in [5, 5.41) is 3.06. The van der Waals surface area contributed by atoms with E-state index in [1.54, 1.807) is 16.7 Å². The maximum atomic E-state index is 11.9.